The van der Waals surface area contributed by atoms with Crippen molar-refractivity contribution in [2.24, 2.45) is 5.73 Å². The highest BCUT2D eigenvalue weighted by molar-refractivity contribution is 5.95. The Balaban J connectivity index is 2.31. The Kier molecular flexibility index (Phi) is 5.42. The van der Waals surface area contributed by atoms with E-state index in [9.17, 15) is 35.1 Å². The number of nitrogens with two attached hydrogens (primary N) is 1. The zero-order valence-electron chi connectivity index (χ0n) is 15.7. The Hall–Kier alpha value is -4.67. The van der Waals surface area contributed by atoms with Gasteiger partial charge in [-0.1, -0.05) is 36.4 Å². The fourth-order valence-corrected chi connectivity index (χ4v) is 3.43. The summed E-state index contributed by atoms with van der Waals surface area (Å²) >= 11 is 0. The van der Waals surface area contributed by atoms with Crippen molar-refractivity contribution in [2.75, 3.05) is 0 Å². The zero-order valence-corrected chi connectivity index (χ0v) is 15.7. The van der Waals surface area contributed by atoms with Crippen LogP contribution >= 0.6 is 0 Å². The number of amides is 1. The summed E-state index contributed by atoms with van der Waals surface area (Å²) in [7, 11) is 0. The second-order valence-electron chi connectivity index (χ2n) is 6.53. The van der Waals surface area contributed by atoms with E-state index in [1.54, 1.807) is 0 Å². The van der Waals surface area contributed by atoms with Gasteiger partial charge in [0.1, 0.15) is 5.41 Å². The molecule has 0 aromatic heterocycles. The number of hydrogen-bond acceptors (Lipinski definition) is 7. The Morgan fingerprint density at radius 2 is 0.806 bits per heavy atom. The van der Waals surface area contributed by atoms with Gasteiger partial charge in [0.15, 0.2) is 0 Å². The molecule has 2 N–H and O–H groups in total. The molecule has 0 fully saturated rings. The second-order valence-corrected chi connectivity index (χ2v) is 6.53. The minimum atomic E-state index is -1.71. The van der Waals surface area contributed by atoms with Gasteiger partial charge in [-0.05, 0) is 16.7 Å². The number of rotatable bonds is 7. The molecule has 3 aromatic rings. The maximum atomic E-state index is 12.9. The Morgan fingerprint density at radius 1 is 0.581 bits per heavy atom. The van der Waals surface area contributed by atoms with E-state index < -0.39 is 26.1 Å². The van der Waals surface area contributed by atoms with Crippen molar-refractivity contribution < 1.29 is 19.6 Å². The normalized spacial score (nSPS) is 11.0. The molecule has 31 heavy (non-hydrogen) atoms. The molecule has 0 radical (unpaired) electrons. The first-order valence-electron chi connectivity index (χ1n) is 8.72. The van der Waals surface area contributed by atoms with Crippen molar-refractivity contribution in [1.82, 2.24) is 0 Å². The lowest BCUT2D eigenvalue weighted by Crippen LogP contribution is -2.43. The van der Waals surface area contributed by atoms with Crippen molar-refractivity contribution >= 4 is 23.0 Å². The van der Waals surface area contributed by atoms with Crippen LogP contribution in [0.25, 0.3) is 0 Å². The third kappa shape index (κ3) is 3.67. The molecule has 0 aliphatic rings. The highest BCUT2D eigenvalue weighted by Gasteiger charge is 2.43. The number of carbonyl (C=O) groups excluding carboxylic acids is 1. The van der Waals surface area contributed by atoms with Crippen LogP contribution in [0.1, 0.15) is 16.7 Å². The lowest BCUT2D eigenvalue weighted by Gasteiger charge is -2.32. The summed E-state index contributed by atoms with van der Waals surface area (Å²) in [5.41, 5.74) is 4.24. The van der Waals surface area contributed by atoms with Gasteiger partial charge in [-0.25, -0.2) is 0 Å². The van der Waals surface area contributed by atoms with Crippen LogP contribution in [0.2, 0.25) is 0 Å². The van der Waals surface area contributed by atoms with Crippen LogP contribution in [-0.4, -0.2) is 20.7 Å². The highest BCUT2D eigenvalue weighted by Crippen LogP contribution is 2.40. The van der Waals surface area contributed by atoms with Crippen molar-refractivity contribution in [1.29, 1.82) is 0 Å². The van der Waals surface area contributed by atoms with Crippen LogP contribution in [0.15, 0.2) is 72.8 Å². The van der Waals surface area contributed by atoms with Gasteiger partial charge < -0.3 is 5.73 Å². The van der Waals surface area contributed by atoms with Gasteiger partial charge in [-0.2, -0.15) is 0 Å². The van der Waals surface area contributed by atoms with E-state index in [1.165, 1.54) is 72.8 Å². The molecule has 0 atom stereocenters. The third-order valence-electron chi connectivity index (χ3n) is 4.90. The highest BCUT2D eigenvalue weighted by atomic mass is 16.6. The summed E-state index contributed by atoms with van der Waals surface area (Å²) in [6.07, 6.45) is 0. The summed E-state index contributed by atoms with van der Waals surface area (Å²) in [6, 6.07) is 15.3. The second kappa shape index (κ2) is 7.99. The fourth-order valence-electron chi connectivity index (χ4n) is 3.43. The zero-order chi connectivity index (χ0) is 22.8. The number of benzene rings is 3. The summed E-state index contributed by atoms with van der Waals surface area (Å²) in [4.78, 5) is 44.2. The molecule has 156 valence electrons. The SMILES string of the molecule is NC(=O)C(c1ccc([N+](=O)[O-])cc1)(c1ccc([N+](=O)[O-])cc1)c1ccc([N+](=O)[O-])cc1. The van der Waals surface area contributed by atoms with E-state index in [0.29, 0.717) is 0 Å². The number of nitrogens with zero attached hydrogens (tertiary/aromatic N) is 3. The maximum absolute atomic E-state index is 12.9. The number of primary amides is 1. The molecule has 11 heteroatoms. The average molecular weight is 422 g/mol. The minimum absolute atomic E-state index is 0.213. The summed E-state index contributed by atoms with van der Waals surface area (Å²) in [5.74, 6) is -0.871. The van der Waals surface area contributed by atoms with E-state index in [0.717, 1.165) is 0 Å². The van der Waals surface area contributed by atoms with Gasteiger partial charge in [-0.15, -0.1) is 0 Å². The van der Waals surface area contributed by atoms with Crippen LogP contribution in [0.4, 0.5) is 17.1 Å². The summed E-state index contributed by atoms with van der Waals surface area (Å²) in [6.45, 7) is 0. The van der Waals surface area contributed by atoms with Crippen LogP contribution in [0.3, 0.4) is 0 Å². The van der Waals surface area contributed by atoms with Gasteiger partial charge in [0.2, 0.25) is 5.91 Å². The predicted octanol–water partition coefficient (Wildman–Crippen LogP) is 3.23. The molecule has 3 aromatic carbocycles. The number of hydrogen-bond donors (Lipinski definition) is 1. The minimum Gasteiger partial charge on any atom is -0.368 e. The monoisotopic (exact) mass is 422 g/mol. The van der Waals surface area contributed by atoms with Crippen molar-refractivity contribution in [3.8, 4) is 0 Å². The van der Waals surface area contributed by atoms with E-state index in [-0.39, 0.29) is 33.8 Å². The Bertz CT molecular complexity index is 1030. The molecular weight excluding hydrogens is 408 g/mol. The molecule has 1 amide bonds. The van der Waals surface area contributed by atoms with Crippen LogP contribution in [0, 0.1) is 30.3 Å². The molecule has 0 aliphatic heterocycles. The van der Waals surface area contributed by atoms with E-state index in [1.807, 2.05) is 0 Å². The van der Waals surface area contributed by atoms with Gasteiger partial charge in [0.25, 0.3) is 17.1 Å². The van der Waals surface area contributed by atoms with Gasteiger partial charge in [-0.3, -0.25) is 35.1 Å². The molecule has 0 saturated carbocycles. The molecule has 11 nitrogen and oxygen atoms in total. The van der Waals surface area contributed by atoms with E-state index in [4.69, 9.17) is 5.73 Å². The van der Waals surface area contributed by atoms with Crippen molar-refractivity contribution in [2.45, 2.75) is 5.41 Å². The van der Waals surface area contributed by atoms with Gasteiger partial charge in [0, 0.05) is 36.4 Å². The first-order chi connectivity index (χ1) is 14.7. The molecule has 0 unspecified atom stereocenters. The average Bonchev–Trinajstić information content (AvgIpc) is 2.75. The third-order valence-corrected chi connectivity index (χ3v) is 4.90. The standard InChI is InChI=1S/C20H14N4O7/c21-19(25)20(13-1-7-16(8-2-13)22(26)27,14-3-9-17(10-4-14)23(28)29)15-5-11-18(12-6-15)24(30)31/h1-12H,(H2,21,25). The Labute approximate surface area is 174 Å². The number of nitro benzene ring substituents is 3. The first kappa shape index (κ1) is 21.0. The maximum Gasteiger partial charge on any atom is 0.269 e. The molecule has 0 bridgehead atoms. The van der Waals surface area contributed by atoms with Gasteiger partial charge in [0.05, 0.1) is 14.8 Å². The largest absolute Gasteiger partial charge is 0.368 e. The lowest BCUT2D eigenvalue weighted by atomic mass is 9.68. The molecule has 0 saturated heterocycles. The molecule has 3 rings (SSSR count). The first-order valence-corrected chi connectivity index (χ1v) is 8.72. The number of non-ortho nitro benzene ring substituents is 3. The van der Waals surface area contributed by atoms with E-state index in [2.05, 4.69) is 0 Å². The smallest absolute Gasteiger partial charge is 0.269 e. The number of carbonyl (C=O) groups is 1. The quantitative estimate of drug-likeness (QED) is 0.345. The number of nitro groups is 3. The molecule has 0 heterocycles. The van der Waals surface area contributed by atoms with E-state index >= 15 is 0 Å². The van der Waals surface area contributed by atoms with Crippen LogP contribution < -0.4 is 5.73 Å². The Morgan fingerprint density at radius 3 is 0.968 bits per heavy atom. The van der Waals surface area contributed by atoms with Crippen LogP contribution in [-0.2, 0) is 10.2 Å². The van der Waals surface area contributed by atoms with Crippen molar-refractivity contribution in [3.63, 3.8) is 0 Å². The topological polar surface area (TPSA) is 173 Å². The van der Waals surface area contributed by atoms with Gasteiger partial charge >= 0.3 is 0 Å². The predicted molar refractivity (Wildman–Crippen MR) is 108 cm³/mol. The fraction of sp³-hybridized carbons (Fsp3) is 0.0500. The molecule has 0 spiro atoms. The van der Waals surface area contributed by atoms with Crippen molar-refractivity contribution in [3.05, 3.63) is 120 Å². The molecular formula is C20H14N4O7. The summed E-state index contributed by atoms with van der Waals surface area (Å²) < 4.78 is 0. The lowest BCUT2D eigenvalue weighted by molar-refractivity contribution is -0.385. The molecule has 0 aliphatic carbocycles. The van der Waals surface area contributed by atoms with Crippen LogP contribution in [0.5, 0.6) is 0 Å². The summed E-state index contributed by atoms with van der Waals surface area (Å²) in [5, 5.41) is 33.1.